The summed E-state index contributed by atoms with van der Waals surface area (Å²) in [5.74, 6) is -0.785. The highest BCUT2D eigenvalue weighted by atomic mass is 35.5. The highest BCUT2D eigenvalue weighted by molar-refractivity contribution is 6.42. The highest BCUT2D eigenvalue weighted by Gasteiger charge is 2.38. The maximum Gasteiger partial charge on any atom is 0.322 e. The number of urea groups is 1. The van der Waals surface area contributed by atoms with Crippen molar-refractivity contribution in [3.8, 4) is 12.1 Å². The van der Waals surface area contributed by atoms with Crippen LogP contribution >= 0.6 is 23.2 Å². The number of carbonyl (C=O) groups excluding carboxylic acids is 2. The third-order valence-electron chi connectivity index (χ3n) is 7.75. The van der Waals surface area contributed by atoms with E-state index >= 15 is 0 Å². The third kappa shape index (κ3) is 5.93. The molecule has 2 aromatic carbocycles. The van der Waals surface area contributed by atoms with Gasteiger partial charge in [0.05, 0.1) is 44.8 Å². The number of halogens is 3. The van der Waals surface area contributed by atoms with E-state index in [1.54, 1.807) is 38.2 Å². The number of benzene rings is 2. The van der Waals surface area contributed by atoms with Gasteiger partial charge in [-0.15, -0.1) is 0 Å². The molecule has 2 N–H and O–H groups in total. The van der Waals surface area contributed by atoms with Gasteiger partial charge in [-0.2, -0.15) is 10.5 Å². The molecule has 2 aliphatic heterocycles. The number of hydrogen-bond donors (Lipinski definition) is 2. The van der Waals surface area contributed by atoms with E-state index in [1.807, 2.05) is 6.07 Å². The lowest BCUT2D eigenvalue weighted by Gasteiger charge is -2.38. The topological polar surface area (TPSA) is 112 Å². The van der Waals surface area contributed by atoms with Crippen LogP contribution in [0.1, 0.15) is 48.9 Å². The first-order valence-corrected chi connectivity index (χ1v) is 13.7. The van der Waals surface area contributed by atoms with Crippen molar-refractivity contribution in [3.63, 3.8) is 0 Å². The van der Waals surface area contributed by atoms with E-state index in [9.17, 15) is 24.5 Å². The number of likely N-dealkylation sites (tertiary alicyclic amines) is 1. The number of carbonyl (C=O) groups is 2. The smallest absolute Gasteiger partial charge is 0.322 e. The zero-order chi connectivity index (χ0) is 29.0. The zero-order valence-corrected chi connectivity index (χ0v) is 23.7. The molecule has 0 saturated carbocycles. The van der Waals surface area contributed by atoms with Crippen molar-refractivity contribution in [2.45, 2.75) is 37.6 Å². The first-order valence-electron chi connectivity index (χ1n) is 12.9. The lowest BCUT2D eigenvalue weighted by atomic mass is 9.72. The lowest BCUT2D eigenvalue weighted by Crippen LogP contribution is -2.48. The molecule has 0 aliphatic carbocycles. The van der Waals surface area contributed by atoms with Crippen molar-refractivity contribution in [2.24, 2.45) is 0 Å². The predicted octanol–water partition coefficient (Wildman–Crippen LogP) is 5.04. The van der Waals surface area contributed by atoms with Crippen molar-refractivity contribution in [1.82, 2.24) is 20.4 Å². The molecule has 2 aromatic rings. The molecule has 2 aliphatic rings. The number of nitriles is 2. The van der Waals surface area contributed by atoms with Crippen LogP contribution in [-0.4, -0.2) is 55.0 Å². The molecule has 208 valence electrons. The molecule has 1 atom stereocenters. The van der Waals surface area contributed by atoms with Crippen molar-refractivity contribution in [1.29, 1.82) is 10.5 Å². The molecule has 8 nitrogen and oxygen atoms in total. The minimum Gasteiger partial charge on any atom is -0.352 e. The molecule has 1 fully saturated rings. The summed E-state index contributed by atoms with van der Waals surface area (Å²) >= 11 is 12.3. The predicted molar refractivity (Wildman–Crippen MR) is 150 cm³/mol. The summed E-state index contributed by atoms with van der Waals surface area (Å²) in [4.78, 5) is 29.4. The minimum atomic E-state index is -0.829. The van der Waals surface area contributed by atoms with Crippen LogP contribution in [0.5, 0.6) is 0 Å². The van der Waals surface area contributed by atoms with Gasteiger partial charge in [-0.1, -0.05) is 35.3 Å². The van der Waals surface area contributed by atoms with E-state index in [0.29, 0.717) is 77.9 Å². The fraction of sp³-hybridized carbons (Fsp3) is 0.379. The number of piperidine rings is 1. The normalized spacial score (nSPS) is 19.0. The van der Waals surface area contributed by atoms with Gasteiger partial charge in [0.15, 0.2) is 0 Å². The highest BCUT2D eigenvalue weighted by Crippen LogP contribution is 2.37. The molecular formula is C29H29Cl2FN6O2. The van der Waals surface area contributed by atoms with Gasteiger partial charge < -0.3 is 20.4 Å². The van der Waals surface area contributed by atoms with Crippen LogP contribution in [0.3, 0.4) is 0 Å². The van der Waals surface area contributed by atoms with Crippen LogP contribution in [0.2, 0.25) is 10.0 Å². The second-order valence-corrected chi connectivity index (χ2v) is 10.9. The number of nitrogens with zero attached hydrogens (tertiary/aromatic N) is 4. The van der Waals surface area contributed by atoms with Gasteiger partial charge in [-0.25, -0.2) is 9.18 Å². The van der Waals surface area contributed by atoms with E-state index in [4.69, 9.17) is 23.2 Å². The molecule has 40 heavy (non-hydrogen) atoms. The summed E-state index contributed by atoms with van der Waals surface area (Å²) in [5, 5.41) is 26.0. The van der Waals surface area contributed by atoms with E-state index in [-0.39, 0.29) is 17.5 Å². The Morgan fingerprint density at radius 1 is 1.18 bits per heavy atom. The Kier molecular flexibility index (Phi) is 9.00. The van der Waals surface area contributed by atoms with Gasteiger partial charge in [-0.3, -0.25) is 4.79 Å². The fourth-order valence-corrected chi connectivity index (χ4v) is 5.60. The maximum atomic E-state index is 13.6. The van der Waals surface area contributed by atoms with Gasteiger partial charge in [0.25, 0.3) is 5.91 Å². The summed E-state index contributed by atoms with van der Waals surface area (Å²) < 4.78 is 13.6. The largest absolute Gasteiger partial charge is 0.352 e. The van der Waals surface area contributed by atoms with Crippen molar-refractivity contribution in [3.05, 3.63) is 80.2 Å². The van der Waals surface area contributed by atoms with E-state index in [0.717, 1.165) is 0 Å². The van der Waals surface area contributed by atoms with Gasteiger partial charge in [0.1, 0.15) is 5.82 Å². The monoisotopic (exact) mass is 582 g/mol. The minimum absolute atomic E-state index is 0.200. The average Bonchev–Trinajstić information content (AvgIpc) is 2.95. The summed E-state index contributed by atoms with van der Waals surface area (Å²) in [6.45, 7) is 4.14. The van der Waals surface area contributed by atoms with E-state index in [2.05, 4.69) is 21.6 Å². The summed E-state index contributed by atoms with van der Waals surface area (Å²) in [5.41, 5.74) is 1.56. The summed E-state index contributed by atoms with van der Waals surface area (Å²) in [6, 6.07) is 12.4. The molecule has 1 saturated heterocycles. The summed E-state index contributed by atoms with van der Waals surface area (Å²) in [6.07, 6.45) is 1.73. The lowest BCUT2D eigenvalue weighted by molar-refractivity contribution is -0.118. The Bertz CT molecular complexity index is 1440. The van der Waals surface area contributed by atoms with Crippen LogP contribution in [0.15, 0.2) is 47.7 Å². The zero-order valence-electron chi connectivity index (χ0n) is 22.2. The molecule has 2 heterocycles. The van der Waals surface area contributed by atoms with Crippen molar-refractivity contribution >= 4 is 35.1 Å². The number of hydrogen-bond acceptors (Lipinski definition) is 5. The van der Waals surface area contributed by atoms with Crippen LogP contribution in [-0.2, 0) is 10.2 Å². The number of amides is 3. The number of nitrogens with one attached hydrogen (secondary N) is 2. The fourth-order valence-electron chi connectivity index (χ4n) is 5.30. The summed E-state index contributed by atoms with van der Waals surface area (Å²) in [7, 11) is 1.60. The van der Waals surface area contributed by atoms with Crippen LogP contribution < -0.4 is 10.6 Å². The van der Waals surface area contributed by atoms with Gasteiger partial charge in [0, 0.05) is 19.3 Å². The number of allylic oxidation sites excluding steroid dienone is 1. The second-order valence-electron chi connectivity index (χ2n) is 10.1. The molecule has 0 bridgehead atoms. The molecule has 3 amide bonds. The Morgan fingerprint density at radius 3 is 2.55 bits per heavy atom. The van der Waals surface area contributed by atoms with Crippen LogP contribution in [0.4, 0.5) is 9.18 Å². The first-order chi connectivity index (χ1) is 19.1. The molecule has 0 spiro atoms. The molecule has 0 radical (unpaired) electrons. The van der Waals surface area contributed by atoms with Crippen LogP contribution in [0.25, 0.3) is 0 Å². The Balaban J connectivity index is 1.36. The molecule has 11 heteroatoms. The molecule has 0 aromatic heterocycles. The second kappa shape index (κ2) is 12.3. The SMILES string of the molecule is CC1=C(C(=O)NCCCN2CCC(C#N)(c3ccc(F)cc3C#N)CC2)[C@@H](c2ccc(Cl)c(Cl)c2)NC(=O)N1C. The van der Waals surface area contributed by atoms with Crippen molar-refractivity contribution < 1.29 is 14.0 Å². The molecular weight excluding hydrogens is 554 g/mol. The van der Waals surface area contributed by atoms with Crippen LogP contribution in [0, 0.1) is 28.5 Å². The Labute approximate surface area is 242 Å². The molecule has 0 unspecified atom stereocenters. The van der Waals surface area contributed by atoms with Gasteiger partial charge in [-0.05, 0) is 81.2 Å². The Morgan fingerprint density at radius 2 is 1.90 bits per heavy atom. The average molecular weight is 583 g/mol. The Hall–Kier alpha value is -3.63. The standard InChI is InChI=1S/C29H29Cl2FN6O2/c1-18-25(26(36-28(40)37(18)2)19-4-7-23(30)24(31)15-19)27(39)35-10-3-11-38-12-8-29(17-34,9-13-38)22-6-5-21(32)14-20(22)16-33/h4-7,14-15,26H,3,8-13H2,1-2H3,(H,35,39)(H,36,40)/t26-/m1/s1. The maximum absolute atomic E-state index is 13.6. The number of rotatable bonds is 7. The quantitative estimate of drug-likeness (QED) is 0.444. The molecule has 4 rings (SSSR count). The van der Waals surface area contributed by atoms with Crippen molar-refractivity contribution in [2.75, 3.05) is 33.2 Å². The van der Waals surface area contributed by atoms with Gasteiger partial charge in [0.2, 0.25) is 0 Å². The van der Waals surface area contributed by atoms with Gasteiger partial charge >= 0.3 is 6.03 Å². The first kappa shape index (κ1) is 29.4. The van der Waals surface area contributed by atoms with E-state index < -0.39 is 17.3 Å². The third-order valence-corrected chi connectivity index (χ3v) is 8.49. The van der Waals surface area contributed by atoms with E-state index in [1.165, 1.54) is 17.0 Å².